The van der Waals surface area contributed by atoms with Gasteiger partial charge in [-0.3, -0.25) is 4.79 Å². The maximum atomic E-state index is 10.2. The lowest BCUT2D eigenvalue weighted by Crippen LogP contribution is -1.96. The Hall–Kier alpha value is -1.51. The Morgan fingerprint density at radius 3 is 2.73 bits per heavy atom. The van der Waals surface area contributed by atoms with Gasteiger partial charge in [-0.05, 0) is 18.2 Å². The van der Waals surface area contributed by atoms with Gasteiger partial charge in [-0.15, -0.1) is 0 Å². The monoisotopic (exact) mass is 149 g/mol. The molecule has 0 heterocycles. The largest absolute Gasteiger partial charge is 0.397 e. The number of nitrogens with two attached hydrogens (primary N) is 1. The number of hydrogen-bond acceptors (Lipinski definition) is 3. The fraction of sp³-hybridized carbons (Fsp3) is 0.125. The standard InChI is InChI=1S/C8H9N2O/c1-10-8-3-2-6(5-11)4-7(8)9/h2-4,10H,9H2,1H3. The molecule has 0 aliphatic carbocycles. The molecule has 0 aromatic heterocycles. The van der Waals surface area contributed by atoms with Crippen LogP contribution in [0.15, 0.2) is 18.2 Å². The molecule has 3 nitrogen and oxygen atoms in total. The zero-order valence-electron chi connectivity index (χ0n) is 6.22. The molecule has 0 saturated carbocycles. The smallest absolute Gasteiger partial charge is 0.233 e. The second kappa shape index (κ2) is 3.05. The Bertz CT molecular complexity index is 271. The summed E-state index contributed by atoms with van der Waals surface area (Å²) in [5, 5.41) is 2.89. The highest BCUT2D eigenvalue weighted by Gasteiger charge is 1.97. The summed E-state index contributed by atoms with van der Waals surface area (Å²) in [6.45, 7) is 0. The summed E-state index contributed by atoms with van der Waals surface area (Å²) in [6.07, 6.45) is 1.76. The van der Waals surface area contributed by atoms with Crippen LogP contribution in [0.4, 0.5) is 11.4 Å². The van der Waals surface area contributed by atoms with Crippen molar-refractivity contribution in [3.05, 3.63) is 23.8 Å². The molecule has 3 heteroatoms. The van der Waals surface area contributed by atoms with Crippen LogP contribution in [0.25, 0.3) is 0 Å². The Balaban J connectivity index is 3.09. The highest BCUT2D eigenvalue weighted by atomic mass is 16.1. The number of nitrogens with one attached hydrogen (secondary N) is 1. The van der Waals surface area contributed by atoms with E-state index in [1.165, 1.54) is 0 Å². The molecule has 0 aliphatic rings. The molecule has 0 unspecified atom stereocenters. The van der Waals surface area contributed by atoms with Gasteiger partial charge in [-0.25, -0.2) is 0 Å². The van der Waals surface area contributed by atoms with Crippen LogP contribution in [-0.2, 0) is 4.79 Å². The van der Waals surface area contributed by atoms with E-state index in [0.717, 1.165) is 5.69 Å². The molecule has 0 amide bonds. The van der Waals surface area contributed by atoms with Crippen molar-refractivity contribution >= 4 is 17.7 Å². The van der Waals surface area contributed by atoms with Gasteiger partial charge in [0.1, 0.15) is 0 Å². The maximum absolute atomic E-state index is 10.2. The third-order valence-corrected chi connectivity index (χ3v) is 1.44. The lowest BCUT2D eigenvalue weighted by molar-refractivity contribution is 0.563. The zero-order valence-corrected chi connectivity index (χ0v) is 6.22. The first-order chi connectivity index (χ1) is 5.27. The van der Waals surface area contributed by atoms with Crippen LogP contribution in [-0.4, -0.2) is 13.3 Å². The molecule has 0 spiro atoms. The SMILES string of the molecule is CNc1ccc([C]=O)cc1N. The van der Waals surface area contributed by atoms with E-state index in [2.05, 4.69) is 5.32 Å². The Kier molecular flexibility index (Phi) is 2.11. The van der Waals surface area contributed by atoms with Crippen LogP contribution in [0.2, 0.25) is 0 Å². The molecular formula is C8H9N2O. The molecule has 1 radical (unpaired) electrons. The molecule has 3 N–H and O–H groups in total. The van der Waals surface area contributed by atoms with Crippen molar-refractivity contribution in [2.24, 2.45) is 0 Å². The van der Waals surface area contributed by atoms with Gasteiger partial charge < -0.3 is 11.1 Å². The minimum Gasteiger partial charge on any atom is -0.397 e. The summed E-state index contributed by atoms with van der Waals surface area (Å²) in [5.41, 5.74) is 7.43. The minimum atomic E-state index is 0.474. The number of benzene rings is 1. The van der Waals surface area contributed by atoms with Crippen molar-refractivity contribution in [2.45, 2.75) is 0 Å². The fourth-order valence-electron chi connectivity index (χ4n) is 0.854. The van der Waals surface area contributed by atoms with E-state index in [9.17, 15) is 4.79 Å². The van der Waals surface area contributed by atoms with Crippen LogP contribution in [0, 0.1) is 0 Å². The van der Waals surface area contributed by atoms with Crippen molar-refractivity contribution in [3.8, 4) is 0 Å². The van der Waals surface area contributed by atoms with Crippen molar-refractivity contribution in [3.63, 3.8) is 0 Å². The predicted molar refractivity (Wildman–Crippen MR) is 45.2 cm³/mol. The molecule has 0 bridgehead atoms. The fourth-order valence-corrected chi connectivity index (χ4v) is 0.854. The van der Waals surface area contributed by atoms with Crippen LogP contribution in [0.3, 0.4) is 0 Å². The van der Waals surface area contributed by atoms with Crippen molar-refractivity contribution in [2.75, 3.05) is 18.1 Å². The van der Waals surface area contributed by atoms with Gasteiger partial charge in [0, 0.05) is 12.6 Å². The lowest BCUT2D eigenvalue weighted by atomic mass is 10.2. The van der Waals surface area contributed by atoms with Gasteiger partial charge in [0.25, 0.3) is 0 Å². The number of nitrogen functional groups attached to an aromatic ring is 1. The lowest BCUT2D eigenvalue weighted by Gasteiger charge is -2.03. The van der Waals surface area contributed by atoms with Crippen LogP contribution >= 0.6 is 0 Å². The summed E-state index contributed by atoms with van der Waals surface area (Å²) < 4.78 is 0. The molecule has 57 valence electrons. The Labute approximate surface area is 65.2 Å². The predicted octanol–water partition coefficient (Wildman–Crippen LogP) is 0.768. The Morgan fingerprint density at radius 1 is 1.55 bits per heavy atom. The van der Waals surface area contributed by atoms with Gasteiger partial charge in [0.15, 0.2) is 0 Å². The third-order valence-electron chi connectivity index (χ3n) is 1.44. The first-order valence-electron chi connectivity index (χ1n) is 3.23. The topological polar surface area (TPSA) is 55.1 Å². The van der Waals surface area contributed by atoms with Gasteiger partial charge in [-0.1, -0.05) is 0 Å². The second-order valence-electron chi connectivity index (χ2n) is 2.15. The van der Waals surface area contributed by atoms with E-state index < -0.39 is 0 Å². The first kappa shape index (κ1) is 7.60. The van der Waals surface area contributed by atoms with Gasteiger partial charge in [0.2, 0.25) is 6.29 Å². The van der Waals surface area contributed by atoms with Crippen LogP contribution in [0.1, 0.15) is 5.56 Å². The normalized spacial score (nSPS) is 9.18. The molecule has 11 heavy (non-hydrogen) atoms. The van der Waals surface area contributed by atoms with Crippen molar-refractivity contribution in [1.82, 2.24) is 0 Å². The summed E-state index contributed by atoms with van der Waals surface area (Å²) in [6, 6.07) is 4.99. The summed E-state index contributed by atoms with van der Waals surface area (Å²) in [4.78, 5) is 10.2. The van der Waals surface area contributed by atoms with Gasteiger partial charge >= 0.3 is 0 Å². The molecule has 0 saturated heterocycles. The summed E-state index contributed by atoms with van der Waals surface area (Å²) in [7, 11) is 1.77. The third kappa shape index (κ3) is 1.49. The maximum Gasteiger partial charge on any atom is 0.233 e. The number of rotatable bonds is 2. The van der Waals surface area contributed by atoms with E-state index in [-0.39, 0.29) is 0 Å². The number of hydrogen-bond donors (Lipinski definition) is 2. The molecule has 1 rings (SSSR count). The van der Waals surface area contributed by atoms with Gasteiger partial charge in [-0.2, -0.15) is 0 Å². The highest BCUT2D eigenvalue weighted by molar-refractivity contribution is 5.80. The molecule has 0 aliphatic heterocycles. The second-order valence-corrected chi connectivity index (χ2v) is 2.15. The molecular weight excluding hydrogens is 140 g/mol. The van der Waals surface area contributed by atoms with Crippen LogP contribution in [0.5, 0.6) is 0 Å². The number of anilines is 2. The van der Waals surface area contributed by atoms with Crippen LogP contribution < -0.4 is 11.1 Å². The summed E-state index contributed by atoms with van der Waals surface area (Å²) >= 11 is 0. The van der Waals surface area contributed by atoms with E-state index >= 15 is 0 Å². The van der Waals surface area contributed by atoms with E-state index in [1.54, 1.807) is 31.5 Å². The minimum absolute atomic E-state index is 0.474. The average molecular weight is 149 g/mol. The zero-order chi connectivity index (χ0) is 8.27. The van der Waals surface area contributed by atoms with Crippen molar-refractivity contribution < 1.29 is 4.79 Å². The Morgan fingerprint density at radius 2 is 2.27 bits per heavy atom. The van der Waals surface area contributed by atoms with E-state index in [4.69, 9.17) is 5.73 Å². The highest BCUT2D eigenvalue weighted by Crippen LogP contribution is 2.17. The molecule has 0 fully saturated rings. The number of carbonyl (C=O) groups excluding carboxylic acids is 1. The van der Waals surface area contributed by atoms with E-state index in [0.29, 0.717) is 11.3 Å². The van der Waals surface area contributed by atoms with Crippen molar-refractivity contribution in [1.29, 1.82) is 0 Å². The molecule has 0 atom stereocenters. The first-order valence-corrected chi connectivity index (χ1v) is 3.23. The van der Waals surface area contributed by atoms with E-state index in [1.807, 2.05) is 0 Å². The average Bonchev–Trinajstić information content (AvgIpc) is 2.04. The summed E-state index contributed by atoms with van der Waals surface area (Å²) in [5.74, 6) is 0. The quantitative estimate of drug-likeness (QED) is 0.610. The molecule has 1 aromatic carbocycles. The van der Waals surface area contributed by atoms with Gasteiger partial charge in [0.05, 0.1) is 11.4 Å². The molecule has 1 aromatic rings.